The first-order chi connectivity index (χ1) is 16.8. The van der Waals surface area contributed by atoms with Crippen LogP contribution in [0.25, 0.3) is 6.08 Å². The molecule has 0 aliphatic carbocycles. The van der Waals surface area contributed by atoms with E-state index in [-0.39, 0.29) is 5.76 Å². The van der Waals surface area contributed by atoms with Crippen LogP contribution in [0.2, 0.25) is 0 Å². The summed E-state index contributed by atoms with van der Waals surface area (Å²) in [7, 11) is 0. The molecule has 6 rings (SSSR count). The van der Waals surface area contributed by atoms with Crippen LogP contribution in [0.15, 0.2) is 77.5 Å². The first kappa shape index (κ1) is 21.4. The zero-order valence-corrected chi connectivity index (χ0v) is 18.0. The van der Waals surface area contributed by atoms with E-state index in [1.807, 2.05) is 12.1 Å². The number of carbonyl (C=O) groups is 3. The van der Waals surface area contributed by atoms with Gasteiger partial charge in [-0.2, -0.15) is 13.2 Å². The number of benzene rings is 2. The molecule has 0 saturated carbocycles. The Labute approximate surface area is 197 Å². The number of Topliss-reactive ketones (excluding diaryl/α,β-unsaturated/α-hetero) is 1. The van der Waals surface area contributed by atoms with Crippen molar-refractivity contribution in [3.63, 3.8) is 0 Å². The van der Waals surface area contributed by atoms with Crippen LogP contribution >= 0.6 is 0 Å². The minimum absolute atomic E-state index is 0.0102. The number of alkyl halides is 3. The molecular formula is C26H17F3N2O4. The minimum Gasteiger partial charge on any atom is -0.461 e. The van der Waals surface area contributed by atoms with E-state index in [2.05, 4.69) is 0 Å². The quantitative estimate of drug-likeness (QED) is 0.403. The fourth-order valence-corrected chi connectivity index (χ4v) is 5.57. The molecule has 3 aliphatic rings. The number of para-hydroxylation sites is 1. The molecule has 2 fully saturated rings. The van der Waals surface area contributed by atoms with Crippen molar-refractivity contribution in [1.29, 1.82) is 0 Å². The number of hydrogen-bond acceptors (Lipinski definition) is 5. The van der Waals surface area contributed by atoms with Gasteiger partial charge in [-0.15, -0.1) is 0 Å². The maximum Gasteiger partial charge on any atom is 0.418 e. The van der Waals surface area contributed by atoms with Crippen LogP contribution in [0.4, 0.5) is 18.9 Å². The number of halogens is 3. The standard InChI is InChI=1S/C26H17F3N2O4/c27-26(28,29)16-8-3-4-9-17(16)31-24(33)19-20(25(31)34)22(23(32)18-10-5-13-35-18)30-12-11-14-6-1-2-7-15(14)21(19)30/h1-13,19-22H. The van der Waals surface area contributed by atoms with Gasteiger partial charge in [0.1, 0.15) is 6.04 Å². The lowest BCUT2D eigenvalue weighted by atomic mass is 9.84. The largest absolute Gasteiger partial charge is 0.461 e. The molecule has 4 heterocycles. The number of hydrogen-bond donors (Lipinski definition) is 0. The zero-order valence-electron chi connectivity index (χ0n) is 18.0. The molecule has 176 valence electrons. The number of amides is 2. The van der Waals surface area contributed by atoms with Crippen LogP contribution in [0.3, 0.4) is 0 Å². The van der Waals surface area contributed by atoms with Gasteiger partial charge >= 0.3 is 6.18 Å². The molecule has 0 N–H and O–H groups in total. The highest BCUT2D eigenvalue weighted by molar-refractivity contribution is 6.25. The first-order valence-corrected chi connectivity index (χ1v) is 11.0. The molecule has 2 aromatic carbocycles. The zero-order chi connectivity index (χ0) is 24.5. The Hall–Kier alpha value is -4.14. The number of ketones is 1. The summed E-state index contributed by atoms with van der Waals surface area (Å²) in [5, 5.41) is 0. The average Bonchev–Trinajstić information content (AvgIpc) is 3.55. The summed E-state index contributed by atoms with van der Waals surface area (Å²) < 4.78 is 46.6. The number of nitrogens with zero attached hydrogens (tertiary/aromatic N) is 2. The lowest BCUT2D eigenvalue weighted by molar-refractivity contribution is -0.137. The number of fused-ring (bicyclic) bond motifs is 5. The lowest BCUT2D eigenvalue weighted by Crippen LogP contribution is -2.44. The second-order valence-electron chi connectivity index (χ2n) is 8.70. The van der Waals surface area contributed by atoms with E-state index in [4.69, 9.17) is 4.42 Å². The smallest absolute Gasteiger partial charge is 0.418 e. The van der Waals surface area contributed by atoms with Gasteiger partial charge in [-0.3, -0.25) is 14.4 Å². The van der Waals surface area contributed by atoms with Gasteiger partial charge in [0.05, 0.1) is 35.4 Å². The summed E-state index contributed by atoms with van der Waals surface area (Å²) in [6.45, 7) is 0. The number of anilines is 1. The van der Waals surface area contributed by atoms with Crippen molar-refractivity contribution in [2.75, 3.05) is 4.90 Å². The third-order valence-corrected chi connectivity index (χ3v) is 6.94. The van der Waals surface area contributed by atoms with E-state index in [1.54, 1.807) is 29.3 Å². The number of rotatable bonds is 3. The molecule has 0 spiro atoms. The van der Waals surface area contributed by atoms with Gasteiger partial charge in [-0.05, 0) is 41.5 Å². The van der Waals surface area contributed by atoms with E-state index < -0.39 is 58.9 Å². The fourth-order valence-electron chi connectivity index (χ4n) is 5.57. The molecule has 6 nitrogen and oxygen atoms in total. The monoisotopic (exact) mass is 478 g/mol. The Bertz CT molecular complexity index is 1400. The van der Waals surface area contributed by atoms with E-state index in [0.29, 0.717) is 4.90 Å². The predicted octanol–water partition coefficient (Wildman–Crippen LogP) is 4.70. The highest BCUT2D eigenvalue weighted by Crippen LogP contribution is 2.54. The van der Waals surface area contributed by atoms with Crippen molar-refractivity contribution >= 4 is 29.4 Å². The maximum atomic E-state index is 13.8. The molecule has 9 heteroatoms. The highest BCUT2D eigenvalue weighted by Gasteiger charge is 2.65. The summed E-state index contributed by atoms with van der Waals surface area (Å²) in [5.74, 6) is -4.31. The Kier molecular flexibility index (Phi) is 4.54. The highest BCUT2D eigenvalue weighted by atomic mass is 19.4. The number of imide groups is 1. The normalized spacial score (nSPS) is 25.0. The number of carbonyl (C=O) groups excluding carboxylic acids is 3. The predicted molar refractivity (Wildman–Crippen MR) is 118 cm³/mol. The molecule has 35 heavy (non-hydrogen) atoms. The van der Waals surface area contributed by atoms with Crippen molar-refractivity contribution in [2.24, 2.45) is 11.8 Å². The van der Waals surface area contributed by atoms with E-state index in [9.17, 15) is 27.6 Å². The van der Waals surface area contributed by atoms with Gasteiger partial charge in [0, 0.05) is 6.20 Å². The van der Waals surface area contributed by atoms with Crippen LogP contribution in [-0.2, 0) is 15.8 Å². The van der Waals surface area contributed by atoms with Crippen LogP contribution in [0.1, 0.15) is 33.3 Å². The third-order valence-electron chi connectivity index (χ3n) is 6.94. The molecule has 3 aliphatic heterocycles. The summed E-state index contributed by atoms with van der Waals surface area (Å²) >= 11 is 0. The Balaban J connectivity index is 1.52. The van der Waals surface area contributed by atoms with E-state index >= 15 is 0 Å². The SMILES string of the molecule is O=C(c1ccco1)C1C2C(=O)N(c3ccccc3C(F)(F)F)C(=O)C2C2c3ccccc3C=CN12. The average molecular weight is 478 g/mol. The Morgan fingerprint density at radius 1 is 0.886 bits per heavy atom. The van der Waals surface area contributed by atoms with Crippen molar-refractivity contribution in [1.82, 2.24) is 4.90 Å². The van der Waals surface area contributed by atoms with Crippen LogP contribution in [0, 0.1) is 11.8 Å². The maximum absolute atomic E-state index is 13.8. The van der Waals surface area contributed by atoms with Gasteiger partial charge in [0.2, 0.25) is 17.6 Å². The molecule has 0 bridgehead atoms. The van der Waals surface area contributed by atoms with Crippen molar-refractivity contribution < 1.29 is 32.0 Å². The molecular weight excluding hydrogens is 461 g/mol. The lowest BCUT2D eigenvalue weighted by Gasteiger charge is -2.35. The number of furan rings is 1. The van der Waals surface area contributed by atoms with Crippen molar-refractivity contribution in [2.45, 2.75) is 18.3 Å². The molecule has 3 aromatic rings. The second-order valence-corrected chi connectivity index (χ2v) is 8.70. The summed E-state index contributed by atoms with van der Waals surface area (Å²) in [4.78, 5) is 43.3. The summed E-state index contributed by atoms with van der Waals surface area (Å²) in [6.07, 6.45) is 0.0167. The van der Waals surface area contributed by atoms with Crippen LogP contribution < -0.4 is 4.90 Å². The molecule has 2 saturated heterocycles. The van der Waals surface area contributed by atoms with E-state index in [0.717, 1.165) is 23.3 Å². The third kappa shape index (κ3) is 3.00. The van der Waals surface area contributed by atoms with E-state index in [1.165, 1.54) is 30.5 Å². The topological polar surface area (TPSA) is 70.8 Å². The van der Waals surface area contributed by atoms with Crippen LogP contribution in [0.5, 0.6) is 0 Å². The van der Waals surface area contributed by atoms with Gasteiger partial charge in [0.15, 0.2) is 5.76 Å². The second kappa shape index (κ2) is 7.43. The molecule has 0 radical (unpaired) electrons. The molecule has 4 unspecified atom stereocenters. The van der Waals surface area contributed by atoms with Gasteiger partial charge in [-0.25, -0.2) is 4.90 Å². The summed E-state index contributed by atoms with van der Waals surface area (Å²) in [5.41, 5.74) is -0.0731. The van der Waals surface area contributed by atoms with Crippen molar-refractivity contribution in [3.8, 4) is 0 Å². The Morgan fingerprint density at radius 2 is 1.60 bits per heavy atom. The molecule has 1 aromatic heterocycles. The first-order valence-electron chi connectivity index (χ1n) is 11.0. The van der Waals surface area contributed by atoms with Gasteiger partial charge < -0.3 is 9.32 Å². The Morgan fingerprint density at radius 3 is 2.34 bits per heavy atom. The molecule has 2 amide bonds. The fraction of sp³-hybridized carbons (Fsp3) is 0.192. The van der Waals surface area contributed by atoms with Gasteiger partial charge in [0.25, 0.3) is 0 Å². The summed E-state index contributed by atoms with van der Waals surface area (Å²) in [6, 6.07) is 12.9. The van der Waals surface area contributed by atoms with Crippen LogP contribution in [-0.4, -0.2) is 28.5 Å². The van der Waals surface area contributed by atoms with Gasteiger partial charge in [-0.1, -0.05) is 36.4 Å². The van der Waals surface area contributed by atoms with Crippen molar-refractivity contribution in [3.05, 3.63) is 95.6 Å². The molecule has 4 atom stereocenters. The minimum atomic E-state index is -4.77.